The second kappa shape index (κ2) is 8.66. The standard InChI is InChI=1S/C18H24FNO4/c1-2-15(24-16-8-4-3-7-14(16)19)18(23)20-11-5-6-13(12-20)9-10-17(21)22/h3-4,7-8,13,15H,2,5-6,9-12H2,1H3,(H,21,22)/t13-,15+/m1/s1. The Labute approximate surface area is 141 Å². The maximum Gasteiger partial charge on any atom is 0.303 e. The molecule has 1 aromatic rings. The molecule has 1 aliphatic rings. The lowest BCUT2D eigenvalue weighted by Crippen LogP contribution is -2.46. The Morgan fingerprint density at radius 1 is 1.42 bits per heavy atom. The third-order valence-electron chi connectivity index (χ3n) is 4.35. The van der Waals surface area contributed by atoms with Gasteiger partial charge in [0, 0.05) is 19.5 Å². The second-order valence-electron chi connectivity index (χ2n) is 6.17. The Kier molecular flexibility index (Phi) is 6.58. The predicted octanol–water partition coefficient (Wildman–Crippen LogP) is 3.09. The minimum absolute atomic E-state index is 0.0807. The van der Waals surface area contributed by atoms with Gasteiger partial charge in [-0.3, -0.25) is 9.59 Å². The summed E-state index contributed by atoms with van der Waals surface area (Å²) in [6.07, 6.45) is 2.21. The number of piperidine rings is 1. The Morgan fingerprint density at radius 2 is 2.17 bits per heavy atom. The highest BCUT2D eigenvalue weighted by atomic mass is 19.1. The maximum absolute atomic E-state index is 13.7. The fraction of sp³-hybridized carbons (Fsp3) is 0.556. The molecule has 0 radical (unpaired) electrons. The van der Waals surface area contributed by atoms with Crippen molar-refractivity contribution in [1.29, 1.82) is 0 Å². The maximum atomic E-state index is 13.7. The molecule has 2 rings (SSSR count). The number of nitrogens with zero attached hydrogens (tertiary/aromatic N) is 1. The summed E-state index contributed by atoms with van der Waals surface area (Å²) in [5, 5.41) is 8.80. The van der Waals surface area contributed by atoms with E-state index in [0.29, 0.717) is 25.9 Å². The molecule has 1 N–H and O–H groups in total. The molecule has 5 nitrogen and oxygen atoms in total. The van der Waals surface area contributed by atoms with Crippen molar-refractivity contribution in [3.63, 3.8) is 0 Å². The molecular weight excluding hydrogens is 313 g/mol. The first kappa shape index (κ1) is 18.2. The van der Waals surface area contributed by atoms with Crippen molar-refractivity contribution < 1.29 is 23.8 Å². The molecule has 1 fully saturated rings. The SMILES string of the molecule is CC[C@H](Oc1ccccc1F)C(=O)N1CCC[C@H](CCC(=O)O)C1. The number of rotatable bonds is 7. The fourth-order valence-electron chi connectivity index (χ4n) is 3.03. The number of carbonyl (C=O) groups excluding carboxylic acids is 1. The van der Waals surface area contributed by atoms with E-state index < -0.39 is 17.9 Å². The van der Waals surface area contributed by atoms with Gasteiger partial charge in [-0.25, -0.2) is 4.39 Å². The topological polar surface area (TPSA) is 66.8 Å². The van der Waals surface area contributed by atoms with Crippen LogP contribution in [0.5, 0.6) is 5.75 Å². The molecule has 0 bridgehead atoms. The quantitative estimate of drug-likeness (QED) is 0.830. The predicted molar refractivity (Wildman–Crippen MR) is 87.3 cm³/mol. The highest BCUT2D eigenvalue weighted by Gasteiger charge is 2.29. The fourth-order valence-corrected chi connectivity index (χ4v) is 3.03. The molecular formula is C18H24FNO4. The zero-order valence-corrected chi connectivity index (χ0v) is 13.9. The largest absolute Gasteiger partial charge is 0.481 e. The third kappa shape index (κ3) is 4.94. The first-order valence-corrected chi connectivity index (χ1v) is 8.43. The van der Waals surface area contributed by atoms with E-state index in [4.69, 9.17) is 9.84 Å². The molecule has 132 valence electrons. The molecule has 1 aromatic carbocycles. The van der Waals surface area contributed by atoms with Gasteiger partial charge < -0.3 is 14.7 Å². The molecule has 1 heterocycles. The third-order valence-corrected chi connectivity index (χ3v) is 4.35. The van der Waals surface area contributed by atoms with Crippen molar-refractivity contribution in [3.05, 3.63) is 30.1 Å². The zero-order valence-electron chi connectivity index (χ0n) is 13.9. The molecule has 0 spiro atoms. The molecule has 1 aliphatic heterocycles. The summed E-state index contributed by atoms with van der Waals surface area (Å²) >= 11 is 0. The van der Waals surface area contributed by atoms with Crippen molar-refractivity contribution in [2.24, 2.45) is 5.92 Å². The second-order valence-corrected chi connectivity index (χ2v) is 6.17. The van der Waals surface area contributed by atoms with Crippen LogP contribution in [0.1, 0.15) is 39.0 Å². The number of carboxylic acid groups (broad SMARTS) is 1. The normalized spacial score (nSPS) is 18.9. The van der Waals surface area contributed by atoms with E-state index in [1.807, 2.05) is 6.92 Å². The Bertz CT molecular complexity index is 578. The minimum atomic E-state index is -0.812. The number of hydrogen-bond donors (Lipinski definition) is 1. The summed E-state index contributed by atoms with van der Waals surface area (Å²) in [4.78, 5) is 25.1. The molecule has 1 saturated heterocycles. The number of likely N-dealkylation sites (tertiary alicyclic amines) is 1. The van der Waals surface area contributed by atoms with Crippen molar-refractivity contribution in [2.45, 2.75) is 45.1 Å². The summed E-state index contributed by atoms with van der Waals surface area (Å²) in [5.41, 5.74) is 0. The number of aliphatic carboxylic acids is 1. The highest BCUT2D eigenvalue weighted by molar-refractivity contribution is 5.81. The van der Waals surface area contributed by atoms with Gasteiger partial charge >= 0.3 is 5.97 Å². The van der Waals surface area contributed by atoms with Crippen LogP contribution in [-0.2, 0) is 9.59 Å². The van der Waals surface area contributed by atoms with E-state index in [9.17, 15) is 14.0 Å². The van der Waals surface area contributed by atoms with Gasteiger partial charge in [0.1, 0.15) is 0 Å². The first-order valence-electron chi connectivity index (χ1n) is 8.43. The highest BCUT2D eigenvalue weighted by Crippen LogP contribution is 2.24. The molecule has 0 saturated carbocycles. The van der Waals surface area contributed by atoms with Crippen LogP contribution in [0.25, 0.3) is 0 Å². The zero-order chi connectivity index (χ0) is 17.5. The molecule has 1 amide bonds. The van der Waals surface area contributed by atoms with E-state index in [-0.39, 0.29) is 24.0 Å². The van der Waals surface area contributed by atoms with Gasteiger partial charge in [-0.05, 0) is 43.7 Å². The number of carboxylic acids is 1. The van der Waals surface area contributed by atoms with Gasteiger partial charge in [0.25, 0.3) is 5.91 Å². The molecule has 0 aromatic heterocycles. The van der Waals surface area contributed by atoms with Crippen LogP contribution in [0.3, 0.4) is 0 Å². The monoisotopic (exact) mass is 337 g/mol. The average molecular weight is 337 g/mol. The summed E-state index contributed by atoms with van der Waals surface area (Å²) in [6.45, 7) is 3.01. The number of para-hydroxylation sites is 1. The van der Waals surface area contributed by atoms with Gasteiger partial charge in [-0.2, -0.15) is 0 Å². The van der Waals surface area contributed by atoms with Crippen LogP contribution in [0.2, 0.25) is 0 Å². The lowest BCUT2D eigenvalue weighted by atomic mass is 9.93. The molecule has 2 atom stereocenters. The summed E-state index contributed by atoms with van der Waals surface area (Å²) in [7, 11) is 0. The van der Waals surface area contributed by atoms with E-state index >= 15 is 0 Å². The molecule has 24 heavy (non-hydrogen) atoms. The van der Waals surface area contributed by atoms with Gasteiger partial charge in [0.2, 0.25) is 0 Å². The molecule has 0 unspecified atom stereocenters. The number of halogens is 1. The number of ether oxygens (including phenoxy) is 1. The molecule has 0 aliphatic carbocycles. The van der Waals surface area contributed by atoms with Crippen molar-refractivity contribution in [2.75, 3.05) is 13.1 Å². The van der Waals surface area contributed by atoms with Crippen LogP contribution in [-0.4, -0.2) is 41.1 Å². The van der Waals surface area contributed by atoms with Crippen molar-refractivity contribution in [3.8, 4) is 5.75 Å². The Morgan fingerprint density at radius 3 is 2.83 bits per heavy atom. The van der Waals surface area contributed by atoms with Crippen molar-refractivity contribution in [1.82, 2.24) is 4.90 Å². The van der Waals surface area contributed by atoms with Gasteiger partial charge in [0.05, 0.1) is 0 Å². The summed E-state index contributed by atoms with van der Waals surface area (Å²) in [5.74, 6) is -1.17. The lowest BCUT2D eigenvalue weighted by molar-refractivity contribution is -0.141. The van der Waals surface area contributed by atoms with E-state index in [2.05, 4.69) is 0 Å². The van der Waals surface area contributed by atoms with Crippen LogP contribution in [0, 0.1) is 11.7 Å². The summed E-state index contributed by atoms with van der Waals surface area (Å²) in [6, 6.07) is 6.05. The van der Waals surface area contributed by atoms with E-state index in [1.54, 1.807) is 17.0 Å². The van der Waals surface area contributed by atoms with Crippen LogP contribution < -0.4 is 4.74 Å². The minimum Gasteiger partial charge on any atom is -0.481 e. The van der Waals surface area contributed by atoms with Gasteiger partial charge in [-0.15, -0.1) is 0 Å². The van der Waals surface area contributed by atoms with Crippen LogP contribution >= 0.6 is 0 Å². The molecule has 6 heteroatoms. The summed E-state index contributed by atoms with van der Waals surface area (Å²) < 4.78 is 19.3. The number of amides is 1. The van der Waals surface area contributed by atoms with Gasteiger partial charge in [-0.1, -0.05) is 19.1 Å². The number of benzene rings is 1. The average Bonchev–Trinajstić information content (AvgIpc) is 2.59. The van der Waals surface area contributed by atoms with Gasteiger partial charge in [0.15, 0.2) is 17.7 Å². The van der Waals surface area contributed by atoms with Crippen LogP contribution in [0.15, 0.2) is 24.3 Å². The van der Waals surface area contributed by atoms with E-state index in [1.165, 1.54) is 12.1 Å². The number of carbonyl (C=O) groups is 2. The van der Waals surface area contributed by atoms with E-state index in [0.717, 1.165) is 12.8 Å². The number of hydrogen-bond acceptors (Lipinski definition) is 3. The van der Waals surface area contributed by atoms with Crippen molar-refractivity contribution >= 4 is 11.9 Å². The Hall–Kier alpha value is -2.11. The smallest absolute Gasteiger partial charge is 0.303 e. The first-order chi connectivity index (χ1) is 11.5. The van der Waals surface area contributed by atoms with Crippen LogP contribution in [0.4, 0.5) is 4.39 Å². The Balaban J connectivity index is 1.97. The lowest BCUT2D eigenvalue weighted by Gasteiger charge is -2.34.